The van der Waals surface area contributed by atoms with E-state index in [9.17, 15) is 14.9 Å². The quantitative estimate of drug-likeness (QED) is 0.556. The van der Waals surface area contributed by atoms with Crippen LogP contribution >= 0.6 is 23.2 Å². The Bertz CT molecular complexity index is 854. The first-order valence-corrected chi connectivity index (χ1v) is 9.05. The number of amides is 1. The largest absolute Gasteiger partial charge is 0.482 e. The molecule has 0 bridgehead atoms. The molecule has 1 amide bonds. The molecule has 0 saturated carbocycles. The van der Waals surface area contributed by atoms with Gasteiger partial charge < -0.3 is 14.5 Å². The topological polar surface area (TPSA) is 75.9 Å². The van der Waals surface area contributed by atoms with Crippen LogP contribution in [0.15, 0.2) is 42.5 Å². The Hall–Kier alpha value is -2.51. The van der Waals surface area contributed by atoms with Gasteiger partial charge in [-0.05, 0) is 18.2 Å². The Kier molecular flexibility index (Phi) is 6.03. The molecule has 3 rings (SSSR count). The molecular formula is C18H17Cl2N3O4. The van der Waals surface area contributed by atoms with E-state index in [4.69, 9.17) is 27.9 Å². The van der Waals surface area contributed by atoms with Crippen LogP contribution in [0.4, 0.5) is 11.4 Å². The van der Waals surface area contributed by atoms with Crippen LogP contribution < -0.4 is 9.64 Å². The Morgan fingerprint density at radius 2 is 1.78 bits per heavy atom. The van der Waals surface area contributed by atoms with Gasteiger partial charge in [-0.2, -0.15) is 0 Å². The lowest BCUT2D eigenvalue weighted by atomic mass is 10.2. The maximum Gasteiger partial charge on any atom is 0.271 e. The number of para-hydroxylation sites is 1. The van der Waals surface area contributed by atoms with Crippen molar-refractivity contribution in [2.45, 2.75) is 0 Å². The van der Waals surface area contributed by atoms with Crippen LogP contribution in [0.25, 0.3) is 0 Å². The van der Waals surface area contributed by atoms with Crippen molar-refractivity contribution in [3.8, 4) is 5.75 Å². The maximum absolute atomic E-state index is 12.4. The summed E-state index contributed by atoms with van der Waals surface area (Å²) >= 11 is 12.2. The molecule has 0 spiro atoms. The second-order valence-corrected chi connectivity index (χ2v) is 6.79. The third kappa shape index (κ3) is 4.61. The highest BCUT2D eigenvalue weighted by Gasteiger charge is 2.23. The van der Waals surface area contributed by atoms with Crippen LogP contribution in [-0.2, 0) is 4.79 Å². The fourth-order valence-corrected chi connectivity index (χ4v) is 3.34. The van der Waals surface area contributed by atoms with Gasteiger partial charge >= 0.3 is 0 Å². The van der Waals surface area contributed by atoms with E-state index in [2.05, 4.69) is 0 Å². The van der Waals surface area contributed by atoms with Gasteiger partial charge in [0.15, 0.2) is 6.61 Å². The third-order valence-corrected chi connectivity index (χ3v) is 4.92. The first-order chi connectivity index (χ1) is 13.0. The van der Waals surface area contributed by atoms with E-state index in [1.165, 1.54) is 12.1 Å². The number of carbonyl (C=O) groups is 1. The number of benzene rings is 2. The number of non-ortho nitro benzene ring substituents is 1. The SMILES string of the molecule is O=C(COc1ccccc1Cl)N1CCN(c2ccc([N+](=O)[O-])cc2Cl)CC1. The number of nitrogens with zero attached hydrogens (tertiary/aromatic N) is 3. The Morgan fingerprint density at radius 1 is 1.07 bits per heavy atom. The lowest BCUT2D eigenvalue weighted by Crippen LogP contribution is -2.50. The highest BCUT2D eigenvalue weighted by Crippen LogP contribution is 2.30. The van der Waals surface area contributed by atoms with Crippen molar-refractivity contribution in [2.24, 2.45) is 0 Å². The van der Waals surface area contributed by atoms with E-state index in [1.54, 1.807) is 35.2 Å². The molecular weight excluding hydrogens is 393 g/mol. The van der Waals surface area contributed by atoms with Crippen molar-refractivity contribution >= 4 is 40.5 Å². The zero-order valence-corrected chi connectivity index (χ0v) is 15.8. The van der Waals surface area contributed by atoms with Gasteiger partial charge in [0, 0.05) is 38.3 Å². The van der Waals surface area contributed by atoms with Crippen LogP contribution in [0, 0.1) is 10.1 Å². The standard InChI is InChI=1S/C18H17Cl2N3O4/c19-14-3-1-2-4-17(14)27-12-18(24)22-9-7-21(8-10-22)16-6-5-13(23(25)26)11-15(16)20/h1-6,11H,7-10,12H2. The summed E-state index contributed by atoms with van der Waals surface area (Å²) in [5.74, 6) is 0.355. The number of anilines is 1. The maximum atomic E-state index is 12.4. The summed E-state index contributed by atoms with van der Waals surface area (Å²) in [6.45, 7) is 2.10. The number of nitro benzene ring substituents is 1. The summed E-state index contributed by atoms with van der Waals surface area (Å²) in [7, 11) is 0. The highest BCUT2D eigenvalue weighted by atomic mass is 35.5. The second-order valence-electron chi connectivity index (χ2n) is 5.98. The Morgan fingerprint density at radius 3 is 2.41 bits per heavy atom. The average Bonchev–Trinajstić information content (AvgIpc) is 2.67. The fraction of sp³-hybridized carbons (Fsp3) is 0.278. The van der Waals surface area contributed by atoms with E-state index in [1.807, 2.05) is 4.90 Å². The minimum atomic E-state index is -0.481. The molecule has 0 atom stereocenters. The zero-order valence-electron chi connectivity index (χ0n) is 14.3. The molecule has 1 saturated heterocycles. The third-order valence-electron chi connectivity index (χ3n) is 4.30. The number of rotatable bonds is 5. The van der Waals surface area contributed by atoms with Gasteiger partial charge in [-0.1, -0.05) is 35.3 Å². The number of nitro groups is 1. The van der Waals surface area contributed by atoms with Gasteiger partial charge in [0.1, 0.15) is 5.75 Å². The molecule has 0 radical (unpaired) electrons. The van der Waals surface area contributed by atoms with Gasteiger partial charge in [-0.15, -0.1) is 0 Å². The average molecular weight is 410 g/mol. The van der Waals surface area contributed by atoms with Crippen molar-refractivity contribution in [1.29, 1.82) is 0 Å². The van der Waals surface area contributed by atoms with Gasteiger partial charge in [-0.3, -0.25) is 14.9 Å². The summed E-state index contributed by atoms with van der Waals surface area (Å²) in [5, 5.41) is 11.6. The van der Waals surface area contributed by atoms with E-state index >= 15 is 0 Å². The molecule has 0 unspecified atom stereocenters. The normalized spacial score (nSPS) is 14.1. The molecule has 7 nitrogen and oxygen atoms in total. The lowest BCUT2D eigenvalue weighted by molar-refractivity contribution is -0.384. The molecule has 2 aromatic carbocycles. The first kappa shape index (κ1) is 19.3. The molecule has 1 fully saturated rings. The van der Waals surface area contributed by atoms with Crippen LogP contribution in [0.2, 0.25) is 10.0 Å². The molecule has 0 N–H and O–H groups in total. The Balaban J connectivity index is 1.55. The summed E-state index contributed by atoms with van der Waals surface area (Å²) in [6.07, 6.45) is 0. The van der Waals surface area contributed by atoms with Crippen molar-refractivity contribution in [1.82, 2.24) is 4.90 Å². The zero-order chi connectivity index (χ0) is 19.4. The predicted molar refractivity (Wildman–Crippen MR) is 104 cm³/mol. The van der Waals surface area contributed by atoms with E-state index < -0.39 is 4.92 Å². The van der Waals surface area contributed by atoms with Gasteiger partial charge in [-0.25, -0.2) is 0 Å². The molecule has 0 aromatic heterocycles. The van der Waals surface area contributed by atoms with Gasteiger partial charge in [0.05, 0.1) is 20.7 Å². The molecule has 1 aliphatic rings. The monoisotopic (exact) mass is 409 g/mol. The van der Waals surface area contributed by atoms with Crippen LogP contribution in [0.1, 0.15) is 0 Å². The smallest absolute Gasteiger partial charge is 0.271 e. The second kappa shape index (κ2) is 8.45. The van der Waals surface area contributed by atoms with Crippen molar-refractivity contribution < 1.29 is 14.5 Å². The first-order valence-electron chi connectivity index (χ1n) is 8.29. The number of carbonyl (C=O) groups excluding carboxylic acids is 1. The van der Waals surface area contributed by atoms with Crippen LogP contribution in [-0.4, -0.2) is 48.5 Å². The molecule has 2 aromatic rings. The van der Waals surface area contributed by atoms with E-state index in [0.717, 1.165) is 5.69 Å². The number of piperazine rings is 1. The van der Waals surface area contributed by atoms with E-state index in [-0.39, 0.29) is 18.2 Å². The van der Waals surface area contributed by atoms with Crippen LogP contribution in [0.3, 0.4) is 0 Å². The summed E-state index contributed by atoms with van der Waals surface area (Å²) in [4.78, 5) is 26.4. The highest BCUT2D eigenvalue weighted by molar-refractivity contribution is 6.33. The summed E-state index contributed by atoms with van der Waals surface area (Å²) in [5.41, 5.74) is 0.677. The van der Waals surface area contributed by atoms with Crippen molar-refractivity contribution in [3.63, 3.8) is 0 Å². The van der Waals surface area contributed by atoms with Crippen LogP contribution in [0.5, 0.6) is 5.75 Å². The fourth-order valence-electron chi connectivity index (χ4n) is 2.86. The minimum absolute atomic E-state index is 0.0470. The predicted octanol–water partition coefficient (Wildman–Crippen LogP) is 3.63. The molecule has 1 heterocycles. The number of ether oxygens (including phenoxy) is 1. The molecule has 1 aliphatic heterocycles. The summed E-state index contributed by atoms with van der Waals surface area (Å²) < 4.78 is 5.50. The van der Waals surface area contributed by atoms with E-state index in [0.29, 0.717) is 42.0 Å². The lowest BCUT2D eigenvalue weighted by Gasteiger charge is -2.36. The minimum Gasteiger partial charge on any atom is -0.482 e. The number of halogens is 2. The molecule has 9 heteroatoms. The van der Waals surface area contributed by atoms with Crippen molar-refractivity contribution in [3.05, 3.63) is 62.6 Å². The Labute approximate surface area is 166 Å². The number of hydrogen-bond donors (Lipinski definition) is 0. The molecule has 27 heavy (non-hydrogen) atoms. The van der Waals surface area contributed by atoms with Gasteiger partial charge in [0.2, 0.25) is 0 Å². The summed E-state index contributed by atoms with van der Waals surface area (Å²) in [6, 6.07) is 11.4. The van der Waals surface area contributed by atoms with Crippen molar-refractivity contribution in [2.75, 3.05) is 37.7 Å². The number of hydrogen-bond acceptors (Lipinski definition) is 5. The van der Waals surface area contributed by atoms with Gasteiger partial charge in [0.25, 0.3) is 11.6 Å². The molecule has 142 valence electrons. The molecule has 0 aliphatic carbocycles.